The summed E-state index contributed by atoms with van der Waals surface area (Å²) in [6.45, 7) is 11.4. The molecule has 2 aliphatic rings. The maximum Gasteiger partial charge on any atom is 0.234 e. The second-order valence-corrected chi connectivity index (χ2v) is 6.53. The lowest BCUT2D eigenvalue weighted by atomic mass is 9.88. The Hall–Kier alpha value is -0.560. The number of rotatable bonds is 5. The summed E-state index contributed by atoms with van der Waals surface area (Å²) in [5.41, 5.74) is 0. The van der Waals surface area contributed by atoms with Crippen molar-refractivity contribution in [1.82, 2.24) is 20.4 Å². The Balaban J connectivity index is 0.00000242. The second kappa shape index (κ2) is 10.3. The van der Waals surface area contributed by atoms with Gasteiger partial charge in [-0.15, -0.1) is 24.8 Å². The lowest BCUT2D eigenvalue weighted by Gasteiger charge is -2.39. The molecule has 2 aliphatic heterocycles. The van der Waals surface area contributed by atoms with Crippen molar-refractivity contribution in [2.75, 3.05) is 45.8 Å². The highest BCUT2D eigenvalue weighted by molar-refractivity contribution is 5.85. The van der Waals surface area contributed by atoms with Crippen LogP contribution in [0.4, 0.5) is 0 Å². The minimum Gasteiger partial charge on any atom is -0.353 e. The van der Waals surface area contributed by atoms with Crippen molar-refractivity contribution in [1.29, 1.82) is 0 Å². The number of hydrogen-bond acceptors (Lipinski definition) is 4. The predicted molar refractivity (Wildman–Crippen MR) is 96.3 cm³/mol. The molecule has 0 aromatic rings. The van der Waals surface area contributed by atoms with E-state index < -0.39 is 0 Å². The van der Waals surface area contributed by atoms with Crippen LogP contribution in [0.1, 0.15) is 20.8 Å². The second-order valence-electron chi connectivity index (χ2n) is 6.53. The standard InChI is InChI=1S/C15H28N4O2.2ClH/c1-11(2)17-14(20)10-18-4-6-19(7-5-18)15(21)12(3)13-8-16-9-13;;/h11-13,16H,4-10H2,1-3H3,(H,17,20);2*1H. The van der Waals surface area contributed by atoms with Crippen molar-refractivity contribution in [3.63, 3.8) is 0 Å². The highest BCUT2D eigenvalue weighted by Crippen LogP contribution is 2.19. The minimum atomic E-state index is 0. The summed E-state index contributed by atoms with van der Waals surface area (Å²) in [5.74, 6) is 0.945. The molecule has 2 fully saturated rings. The molecule has 0 radical (unpaired) electrons. The molecule has 0 aromatic carbocycles. The van der Waals surface area contributed by atoms with Crippen molar-refractivity contribution < 1.29 is 9.59 Å². The summed E-state index contributed by atoms with van der Waals surface area (Å²) in [4.78, 5) is 28.2. The zero-order valence-corrected chi connectivity index (χ0v) is 15.8. The third kappa shape index (κ3) is 6.45. The van der Waals surface area contributed by atoms with Crippen molar-refractivity contribution in [2.24, 2.45) is 11.8 Å². The fraction of sp³-hybridized carbons (Fsp3) is 0.867. The van der Waals surface area contributed by atoms with Gasteiger partial charge in [-0.25, -0.2) is 0 Å². The van der Waals surface area contributed by atoms with Crippen LogP contribution in [-0.2, 0) is 9.59 Å². The Morgan fingerprint density at radius 2 is 1.65 bits per heavy atom. The van der Waals surface area contributed by atoms with E-state index in [9.17, 15) is 9.59 Å². The third-order valence-corrected chi connectivity index (χ3v) is 4.41. The van der Waals surface area contributed by atoms with Crippen LogP contribution in [0, 0.1) is 11.8 Å². The number of carbonyl (C=O) groups excluding carboxylic acids is 2. The number of nitrogens with one attached hydrogen (secondary N) is 2. The molecule has 2 rings (SSSR count). The van der Waals surface area contributed by atoms with E-state index in [2.05, 4.69) is 15.5 Å². The molecule has 2 saturated heterocycles. The molecular weight excluding hydrogens is 339 g/mol. The zero-order chi connectivity index (χ0) is 15.4. The Morgan fingerprint density at radius 3 is 2.09 bits per heavy atom. The van der Waals surface area contributed by atoms with Gasteiger partial charge in [-0.05, 0) is 32.9 Å². The Kier molecular flexibility index (Phi) is 10.1. The summed E-state index contributed by atoms with van der Waals surface area (Å²) in [7, 11) is 0. The molecule has 0 aliphatic carbocycles. The first-order valence-corrected chi connectivity index (χ1v) is 7.98. The molecule has 2 N–H and O–H groups in total. The highest BCUT2D eigenvalue weighted by atomic mass is 35.5. The molecule has 0 spiro atoms. The monoisotopic (exact) mass is 368 g/mol. The molecule has 23 heavy (non-hydrogen) atoms. The molecule has 136 valence electrons. The predicted octanol–water partition coefficient (Wildman–Crippen LogP) is 0.354. The van der Waals surface area contributed by atoms with Crippen LogP contribution in [0.15, 0.2) is 0 Å². The quantitative estimate of drug-likeness (QED) is 0.734. The molecule has 0 saturated carbocycles. The molecule has 6 nitrogen and oxygen atoms in total. The topological polar surface area (TPSA) is 64.7 Å². The van der Waals surface area contributed by atoms with Gasteiger partial charge in [0.05, 0.1) is 6.54 Å². The SMILES string of the molecule is CC(C)NC(=O)CN1CCN(C(=O)C(C)C2CNC2)CC1.Cl.Cl. The summed E-state index contributed by atoms with van der Waals surface area (Å²) < 4.78 is 0. The smallest absolute Gasteiger partial charge is 0.234 e. The molecule has 2 amide bonds. The van der Waals surface area contributed by atoms with Crippen LogP contribution in [-0.4, -0.2) is 73.5 Å². The van der Waals surface area contributed by atoms with Gasteiger partial charge in [0.2, 0.25) is 11.8 Å². The van der Waals surface area contributed by atoms with Crippen LogP contribution in [0.5, 0.6) is 0 Å². The maximum atomic E-state index is 12.4. The van der Waals surface area contributed by atoms with Gasteiger partial charge in [0.1, 0.15) is 0 Å². The molecule has 8 heteroatoms. The molecule has 1 atom stereocenters. The van der Waals surface area contributed by atoms with Gasteiger partial charge in [0.15, 0.2) is 0 Å². The average molecular weight is 369 g/mol. The lowest BCUT2D eigenvalue weighted by molar-refractivity contribution is -0.139. The summed E-state index contributed by atoms with van der Waals surface area (Å²) >= 11 is 0. The molecule has 0 bridgehead atoms. The van der Waals surface area contributed by atoms with E-state index in [0.29, 0.717) is 12.5 Å². The van der Waals surface area contributed by atoms with Gasteiger partial charge in [-0.2, -0.15) is 0 Å². The molecule has 0 aromatic heterocycles. The van der Waals surface area contributed by atoms with Crippen LogP contribution in [0.2, 0.25) is 0 Å². The first-order valence-electron chi connectivity index (χ1n) is 7.98. The highest BCUT2D eigenvalue weighted by Gasteiger charge is 2.32. The van der Waals surface area contributed by atoms with Crippen LogP contribution < -0.4 is 10.6 Å². The Labute approximate surface area is 151 Å². The van der Waals surface area contributed by atoms with E-state index >= 15 is 0 Å². The van der Waals surface area contributed by atoms with Crippen LogP contribution >= 0.6 is 24.8 Å². The summed E-state index contributed by atoms with van der Waals surface area (Å²) in [6.07, 6.45) is 0. The fourth-order valence-corrected chi connectivity index (χ4v) is 2.85. The van der Waals surface area contributed by atoms with Crippen molar-refractivity contribution in [3.05, 3.63) is 0 Å². The largest absolute Gasteiger partial charge is 0.353 e. The number of piperazine rings is 1. The normalized spacial score (nSPS) is 20.1. The Morgan fingerprint density at radius 1 is 1.09 bits per heavy atom. The van der Waals surface area contributed by atoms with E-state index in [1.807, 2.05) is 25.7 Å². The minimum absolute atomic E-state index is 0. The van der Waals surface area contributed by atoms with Gasteiger partial charge >= 0.3 is 0 Å². The summed E-state index contributed by atoms with van der Waals surface area (Å²) in [6, 6.07) is 0.178. The maximum absolute atomic E-state index is 12.4. The van der Waals surface area contributed by atoms with Crippen molar-refractivity contribution in [2.45, 2.75) is 26.8 Å². The number of carbonyl (C=O) groups is 2. The van der Waals surface area contributed by atoms with E-state index in [0.717, 1.165) is 39.3 Å². The summed E-state index contributed by atoms with van der Waals surface area (Å²) in [5, 5.41) is 6.12. The van der Waals surface area contributed by atoms with Gasteiger partial charge < -0.3 is 15.5 Å². The number of halogens is 2. The van der Waals surface area contributed by atoms with E-state index in [1.165, 1.54) is 0 Å². The van der Waals surface area contributed by atoms with Crippen LogP contribution in [0.3, 0.4) is 0 Å². The first kappa shape index (κ1) is 22.4. The number of amides is 2. The molecule has 2 heterocycles. The van der Waals surface area contributed by atoms with E-state index in [-0.39, 0.29) is 48.6 Å². The third-order valence-electron chi connectivity index (χ3n) is 4.41. The van der Waals surface area contributed by atoms with Gasteiger partial charge in [-0.3, -0.25) is 14.5 Å². The molecule has 1 unspecified atom stereocenters. The van der Waals surface area contributed by atoms with Gasteiger partial charge in [0.25, 0.3) is 0 Å². The fourth-order valence-electron chi connectivity index (χ4n) is 2.85. The number of hydrogen-bond donors (Lipinski definition) is 2. The Bertz CT molecular complexity index is 384. The van der Waals surface area contributed by atoms with Crippen molar-refractivity contribution >= 4 is 36.6 Å². The lowest BCUT2D eigenvalue weighted by Crippen LogP contribution is -2.55. The van der Waals surface area contributed by atoms with E-state index in [4.69, 9.17) is 0 Å². The number of nitrogens with zero attached hydrogens (tertiary/aromatic N) is 2. The van der Waals surface area contributed by atoms with E-state index in [1.54, 1.807) is 0 Å². The van der Waals surface area contributed by atoms with Gasteiger partial charge in [-0.1, -0.05) is 6.92 Å². The van der Waals surface area contributed by atoms with Crippen molar-refractivity contribution in [3.8, 4) is 0 Å². The van der Waals surface area contributed by atoms with Gasteiger partial charge in [0, 0.05) is 38.1 Å². The zero-order valence-electron chi connectivity index (χ0n) is 14.2. The van der Waals surface area contributed by atoms with Crippen LogP contribution in [0.25, 0.3) is 0 Å². The average Bonchev–Trinajstić information content (AvgIpc) is 2.35. The molecular formula is C15H30Cl2N4O2. The first-order chi connectivity index (χ1) is 9.97.